The van der Waals surface area contributed by atoms with Crippen LogP contribution < -0.4 is 46.7 Å². The number of hydrogen-bond acceptors (Lipinski definition) is 16. The van der Waals surface area contributed by atoms with Crippen LogP contribution >= 0.6 is 0 Å². The van der Waals surface area contributed by atoms with Crippen molar-refractivity contribution in [1.82, 2.24) is 55.7 Å². The first kappa shape index (κ1) is 40.8. The number of fused-ring (bicyclic) bond motifs is 2. The van der Waals surface area contributed by atoms with E-state index in [2.05, 4.69) is 68.5 Å². The van der Waals surface area contributed by atoms with E-state index in [0.717, 1.165) is 56.2 Å². The number of aromatic nitrogens is 8. The summed E-state index contributed by atoms with van der Waals surface area (Å²) in [6.45, 7) is 10.8. The number of carboxylic acid groups (broad SMARTS) is 1. The van der Waals surface area contributed by atoms with Crippen molar-refractivity contribution in [3.05, 3.63) is 92.8 Å². The molecule has 9 rings (SSSR count). The summed E-state index contributed by atoms with van der Waals surface area (Å²) in [6, 6.07) is 16.3. The predicted octanol–water partition coefficient (Wildman–Crippen LogP) is 1.83. The van der Waals surface area contributed by atoms with Gasteiger partial charge in [0, 0.05) is 76.8 Å². The average molecular weight is 845 g/mol. The number of aromatic amines is 2. The van der Waals surface area contributed by atoms with E-state index < -0.39 is 17.4 Å². The van der Waals surface area contributed by atoms with Gasteiger partial charge in [0.05, 0.1) is 25.3 Å². The summed E-state index contributed by atoms with van der Waals surface area (Å²) < 4.78 is 7.31. The largest absolute Gasteiger partial charge is 0.481 e. The van der Waals surface area contributed by atoms with E-state index in [-0.39, 0.29) is 23.1 Å². The molecule has 0 amide bonds. The van der Waals surface area contributed by atoms with E-state index in [0.29, 0.717) is 86.2 Å². The van der Waals surface area contributed by atoms with Crippen LogP contribution in [0.25, 0.3) is 21.8 Å². The van der Waals surface area contributed by atoms with Gasteiger partial charge in [0.25, 0.3) is 5.56 Å². The van der Waals surface area contributed by atoms with Crippen molar-refractivity contribution in [3.8, 4) is 6.01 Å². The smallest absolute Gasteiger partial charge is 0.319 e. The SMILES string of the molecule is CCOc1nc(Nc2ccc(CN3CCNC([n+]4cc5nc(N6CCC(C(=O)O)CC6)nc(Nc6ccc(CN7CCNCC7)cc6)c5c(=O)[nH]4)C3)cc2)c2c(=O)[nH]ncc2n1. The normalized spacial score (nSPS) is 18.0. The monoisotopic (exact) mass is 844 g/mol. The standard InChI is InChI=1S/C42H49N15O5/c1-2-62-42-49-31-21-45-52-38(58)34(31)37(51-42)47-30-9-5-27(6-10-30)23-55-20-15-44-33(25-55)57-24-32-35(39(59)53-57)36(50-41(48-32)56-16-11-28(12-17-56)40(60)61)46-29-7-3-26(4-8-29)22-54-18-13-43-14-19-54/h3-10,21,24,28,33,43-44H,2,11-20,22-23,25H2,1H3,(H4-,46,47,48,49,50,51,52,53,58,59,60,61)/p+1. The van der Waals surface area contributed by atoms with Gasteiger partial charge in [-0.2, -0.15) is 20.1 Å². The Balaban J connectivity index is 0.931. The topological polar surface area (TPSA) is 238 Å². The molecule has 0 radical (unpaired) electrons. The number of hydrogen-bond donors (Lipinski definition) is 7. The van der Waals surface area contributed by atoms with Crippen molar-refractivity contribution in [2.75, 3.05) is 81.0 Å². The minimum Gasteiger partial charge on any atom is -0.481 e. The molecule has 1 atom stereocenters. The molecular weight excluding hydrogens is 795 g/mol. The average Bonchev–Trinajstić information content (AvgIpc) is 3.28. The number of rotatable bonds is 13. The van der Waals surface area contributed by atoms with Crippen LogP contribution in [0.15, 0.2) is 70.5 Å². The van der Waals surface area contributed by atoms with Crippen LogP contribution in [0.2, 0.25) is 0 Å². The Kier molecular flexibility index (Phi) is 11.9. The fourth-order valence-corrected chi connectivity index (χ4v) is 8.28. The van der Waals surface area contributed by atoms with Crippen molar-refractivity contribution in [3.63, 3.8) is 0 Å². The summed E-state index contributed by atoms with van der Waals surface area (Å²) in [7, 11) is 0. The molecule has 0 saturated carbocycles. The molecule has 3 aliphatic rings. The number of piperidine rings is 1. The molecular formula is C42H50N15O5+. The highest BCUT2D eigenvalue weighted by atomic mass is 16.5. The molecule has 20 heteroatoms. The van der Waals surface area contributed by atoms with Gasteiger partial charge in [-0.1, -0.05) is 28.9 Å². The number of ether oxygens (including phenoxy) is 1. The van der Waals surface area contributed by atoms with E-state index in [1.807, 2.05) is 54.4 Å². The third kappa shape index (κ3) is 9.17. The number of anilines is 5. The first-order valence-corrected chi connectivity index (χ1v) is 21.1. The lowest BCUT2D eigenvalue weighted by atomic mass is 9.97. The number of H-pyrrole nitrogens is 2. The van der Waals surface area contributed by atoms with E-state index in [4.69, 9.17) is 14.7 Å². The number of carboxylic acids is 1. The second-order valence-corrected chi connectivity index (χ2v) is 15.8. The quantitative estimate of drug-likeness (QED) is 0.0821. The highest BCUT2D eigenvalue weighted by Crippen LogP contribution is 2.28. The Labute approximate surface area is 355 Å². The van der Waals surface area contributed by atoms with Gasteiger partial charge in [-0.05, 0) is 55.2 Å². The van der Waals surface area contributed by atoms with Crippen LogP contribution in [0.1, 0.15) is 37.1 Å². The number of nitrogens with zero attached hydrogens (tertiary/aromatic N) is 9. The number of aliphatic carboxylic acids is 1. The first-order chi connectivity index (χ1) is 30.3. The Hall–Kier alpha value is -6.61. The van der Waals surface area contributed by atoms with Crippen LogP contribution in [-0.2, 0) is 17.9 Å². The van der Waals surface area contributed by atoms with Gasteiger partial charge < -0.3 is 30.7 Å². The summed E-state index contributed by atoms with van der Waals surface area (Å²) in [5.41, 5.74) is 3.91. The lowest BCUT2D eigenvalue weighted by Gasteiger charge is -2.30. The Morgan fingerprint density at radius 2 is 1.45 bits per heavy atom. The molecule has 4 aromatic heterocycles. The molecule has 0 aliphatic carbocycles. The molecule has 20 nitrogen and oxygen atoms in total. The Morgan fingerprint density at radius 1 is 0.806 bits per heavy atom. The molecule has 322 valence electrons. The van der Waals surface area contributed by atoms with Gasteiger partial charge in [0.2, 0.25) is 18.3 Å². The van der Waals surface area contributed by atoms with Gasteiger partial charge in [-0.25, -0.2) is 10.1 Å². The second-order valence-electron chi connectivity index (χ2n) is 15.8. The van der Waals surface area contributed by atoms with Gasteiger partial charge in [-0.3, -0.25) is 29.5 Å². The minimum atomic E-state index is -0.788. The zero-order chi connectivity index (χ0) is 42.6. The number of nitrogens with one attached hydrogen (secondary N) is 6. The maximum atomic E-state index is 14.0. The van der Waals surface area contributed by atoms with Crippen LogP contribution in [0.5, 0.6) is 6.01 Å². The second kappa shape index (κ2) is 18.2. The maximum absolute atomic E-state index is 14.0. The summed E-state index contributed by atoms with van der Waals surface area (Å²) in [6.07, 6.45) is 4.02. The summed E-state index contributed by atoms with van der Waals surface area (Å²) >= 11 is 0. The van der Waals surface area contributed by atoms with Crippen LogP contribution in [-0.4, -0.2) is 122 Å². The summed E-state index contributed by atoms with van der Waals surface area (Å²) in [5, 5.41) is 33.2. The van der Waals surface area contributed by atoms with E-state index in [1.54, 1.807) is 4.68 Å². The van der Waals surface area contributed by atoms with Crippen molar-refractivity contribution >= 4 is 56.7 Å². The highest BCUT2D eigenvalue weighted by molar-refractivity contribution is 5.91. The van der Waals surface area contributed by atoms with Gasteiger partial charge in [0.15, 0.2) is 5.82 Å². The summed E-state index contributed by atoms with van der Waals surface area (Å²) in [4.78, 5) is 63.7. The molecule has 7 N–H and O–H groups in total. The van der Waals surface area contributed by atoms with Crippen LogP contribution in [0, 0.1) is 5.92 Å². The van der Waals surface area contributed by atoms with Crippen molar-refractivity contribution in [2.45, 2.75) is 39.0 Å². The Morgan fingerprint density at radius 3 is 2.13 bits per heavy atom. The lowest BCUT2D eigenvalue weighted by Crippen LogP contribution is -2.60. The molecule has 3 fully saturated rings. The molecule has 0 bridgehead atoms. The Bertz CT molecular complexity index is 2660. The zero-order valence-corrected chi connectivity index (χ0v) is 34.4. The third-order valence-electron chi connectivity index (χ3n) is 11.6. The van der Waals surface area contributed by atoms with Crippen LogP contribution in [0.3, 0.4) is 0 Å². The fourth-order valence-electron chi connectivity index (χ4n) is 8.28. The van der Waals surface area contributed by atoms with Crippen LogP contribution in [0.4, 0.5) is 29.0 Å². The van der Waals surface area contributed by atoms with Crippen molar-refractivity contribution in [2.24, 2.45) is 5.92 Å². The van der Waals surface area contributed by atoms with Crippen molar-refractivity contribution in [1.29, 1.82) is 0 Å². The van der Waals surface area contributed by atoms with Gasteiger partial charge in [0.1, 0.15) is 27.6 Å². The molecule has 0 spiro atoms. The highest BCUT2D eigenvalue weighted by Gasteiger charge is 2.31. The molecule has 3 saturated heterocycles. The van der Waals surface area contributed by atoms with Gasteiger partial charge in [-0.15, -0.1) is 5.10 Å². The number of piperazine rings is 2. The van der Waals surface area contributed by atoms with E-state index >= 15 is 0 Å². The van der Waals surface area contributed by atoms with E-state index in [9.17, 15) is 19.5 Å². The fraction of sp³-hybridized carbons (Fsp3) is 0.405. The summed E-state index contributed by atoms with van der Waals surface area (Å²) in [5.74, 6) is -0.0492. The molecule has 62 heavy (non-hydrogen) atoms. The molecule has 6 aromatic rings. The lowest BCUT2D eigenvalue weighted by molar-refractivity contribution is -0.783. The van der Waals surface area contributed by atoms with E-state index in [1.165, 1.54) is 11.8 Å². The number of carbonyl (C=O) groups is 1. The first-order valence-electron chi connectivity index (χ1n) is 21.1. The molecule has 7 heterocycles. The van der Waals surface area contributed by atoms with Crippen molar-refractivity contribution < 1.29 is 19.3 Å². The van der Waals surface area contributed by atoms with Gasteiger partial charge >= 0.3 is 17.5 Å². The number of benzene rings is 2. The third-order valence-corrected chi connectivity index (χ3v) is 11.6. The minimum absolute atomic E-state index is 0.149. The predicted molar refractivity (Wildman–Crippen MR) is 232 cm³/mol. The molecule has 2 aromatic carbocycles. The molecule has 3 aliphatic heterocycles. The maximum Gasteiger partial charge on any atom is 0.319 e. The zero-order valence-electron chi connectivity index (χ0n) is 34.4. The molecule has 1 unspecified atom stereocenters.